The van der Waals surface area contributed by atoms with Crippen LogP contribution in [-0.2, 0) is 4.74 Å². The molecule has 0 fully saturated rings. The number of hydrogen-bond donors (Lipinski definition) is 2. The zero-order chi connectivity index (χ0) is 19.2. The molecule has 27 heavy (non-hydrogen) atoms. The molecule has 3 rings (SSSR count). The fourth-order valence-electron chi connectivity index (χ4n) is 2.16. The summed E-state index contributed by atoms with van der Waals surface area (Å²) >= 11 is 2.51. The van der Waals surface area contributed by atoms with Gasteiger partial charge in [0.1, 0.15) is 16.5 Å². The number of aromatic amines is 1. The minimum Gasteiger partial charge on any atom is -0.493 e. The van der Waals surface area contributed by atoms with Gasteiger partial charge >= 0.3 is 0 Å². The van der Waals surface area contributed by atoms with E-state index in [9.17, 15) is 4.79 Å². The van der Waals surface area contributed by atoms with Gasteiger partial charge in [-0.2, -0.15) is 10.2 Å². The van der Waals surface area contributed by atoms with Crippen LogP contribution in [-0.4, -0.2) is 38.4 Å². The molecule has 0 bridgehead atoms. The number of nitrogens with zero attached hydrogens (tertiary/aromatic N) is 4. The van der Waals surface area contributed by atoms with E-state index in [0.717, 1.165) is 12.2 Å². The smallest absolute Gasteiger partial charge is 0.277 e. The van der Waals surface area contributed by atoms with Crippen LogP contribution in [0.4, 0.5) is 5.95 Å². The van der Waals surface area contributed by atoms with Crippen molar-refractivity contribution in [1.29, 1.82) is 5.26 Å². The molecule has 0 spiro atoms. The molecule has 138 valence electrons. The van der Waals surface area contributed by atoms with Crippen molar-refractivity contribution in [2.75, 3.05) is 17.7 Å². The van der Waals surface area contributed by atoms with Crippen molar-refractivity contribution in [2.24, 2.45) is 0 Å². The van der Waals surface area contributed by atoms with Crippen LogP contribution < -0.4 is 5.32 Å². The summed E-state index contributed by atoms with van der Waals surface area (Å²) in [6, 6.07) is 1.98. The van der Waals surface area contributed by atoms with Gasteiger partial charge in [-0.1, -0.05) is 18.3 Å². The van der Waals surface area contributed by atoms with Crippen LogP contribution in [0.1, 0.15) is 28.8 Å². The van der Waals surface area contributed by atoms with E-state index in [4.69, 9.17) is 10.00 Å². The number of thiazole rings is 1. The molecule has 2 aromatic heterocycles. The first-order valence-corrected chi connectivity index (χ1v) is 9.82. The summed E-state index contributed by atoms with van der Waals surface area (Å²) in [6.07, 6.45) is 4.65. The average molecular weight is 400 g/mol. The third-order valence-electron chi connectivity index (χ3n) is 3.57. The Morgan fingerprint density at radius 1 is 1.59 bits per heavy atom. The van der Waals surface area contributed by atoms with E-state index >= 15 is 0 Å². The molecule has 1 amide bonds. The summed E-state index contributed by atoms with van der Waals surface area (Å²) < 4.78 is 5.52. The monoisotopic (exact) mass is 400 g/mol. The largest absolute Gasteiger partial charge is 0.493 e. The highest BCUT2D eigenvalue weighted by atomic mass is 32.2. The second kappa shape index (κ2) is 8.66. The van der Waals surface area contributed by atoms with Crippen molar-refractivity contribution in [3.05, 3.63) is 46.1 Å². The van der Waals surface area contributed by atoms with Crippen LogP contribution in [0, 0.1) is 11.3 Å². The molecule has 2 aromatic rings. The Morgan fingerprint density at radius 2 is 2.44 bits per heavy atom. The Kier molecular flexibility index (Phi) is 6.05. The van der Waals surface area contributed by atoms with Gasteiger partial charge in [-0.25, -0.2) is 10.1 Å². The van der Waals surface area contributed by atoms with Gasteiger partial charge in [-0.15, -0.1) is 16.4 Å². The maximum Gasteiger partial charge on any atom is 0.277 e. The van der Waals surface area contributed by atoms with Crippen molar-refractivity contribution < 1.29 is 9.53 Å². The zero-order valence-electron chi connectivity index (χ0n) is 14.5. The number of carbonyl (C=O) groups is 1. The molecule has 10 heteroatoms. The summed E-state index contributed by atoms with van der Waals surface area (Å²) in [7, 11) is 0. The molecular weight excluding hydrogens is 384 g/mol. The molecule has 0 radical (unpaired) electrons. The predicted octanol–water partition coefficient (Wildman–Crippen LogP) is 3.39. The maximum absolute atomic E-state index is 12.3. The van der Waals surface area contributed by atoms with E-state index in [1.165, 1.54) is 28.7 Å². The summed E-state index contributed by atoms with van der Waals surface area (Å²) in [5.41, 5.74) is 2.17. The van der Waals surface area contributed by atoms with Gasteiger partial charge in [0.05, 0.1) is 18.4 Å². The third kappa shape index (κ3) is 4.84. The maximum atomic E-state index is 12.3. The lowest BCUT2D eigenvalue weighted by Gasteiger charge is -1.99. The second-order valence-corrected chi connectivity index (χ2v) is 7.31. The van der Waals surface area contributed by atoms with Crippen molar-refractivity contribution in [2.45, 2.75) is 18.5 Å². The first-order chi connectivity index (χ1) is 13.1. The van der Waals surface area contributed by atoms with Gasteiger partial charge < -0.3 is 4.74 Å². The fourth-order valence-corrected chi connectivity index (χ4v) is 3.37. The molecule has 3 heterocycles. The number of amides is 1. The fraction of sp³-hybridized carbons (Fsp3) is 0.235. The number of carbonyl (C=O) groups excluding carboxylic acids is 1. The van der Waals surface area contributed by atoms with Crippen LogP contribution in [0.25, 0.3) is 5.57 Å². The molecule has 0 saturated heterocycles. The normalized spacial score (nSPS) is 13.6. The molecule has 0 unspecified atom stereocenters. The minimum absolute atomic E-state index is 0.203. The Bertz CT molecular complexity index is 966. The number of aromatic nitrogens is 4. The number of H-pyrrole nitrogens is 1. The summed E-state index contributed by atoms with van der Waals surface area (Å²) in [5, 5.41) is 20.4. The summed E-state index contributed by atoms with van der Waals surface area (Å²) in [4.78, 5) is 20.7. The van der Waals surface area contributed by atoms with E-state index in [2.05, 4.69) is 32.1 Å². The van der Waals surface area contributed by atoms with Gasteiger partial charge in [0.15, 0.2) is 0 Å². The highest BCUT2D eigenvalue weighted by Crippen LogP contribution is 2.23. The summed E-state index contributed by atoms with van der Waals surface area (Å²) in [6.45, 7) is 6.74. The third-order valence-corrected chi connectivity index (χ3v) is 5.20. The Hall–Kier alpha value is -2.90. The number of ether oxygens (including phenoxy) is 1. The van der Waals surface area contributed by atoms with E-state index in [0.29, 0.717) is 22.3 Å². The minimum atomic E-state index is -0.403. The number of allylic oxidation sites excluding steroid dienone is 3. The van der Waals surface area contributed by atoms with E-state index < -0.39 is 5.91 Å². The van der Waals surface area contributed by atoms with Crippen LogP contribution in [0.15, 0.2) is 40.6 Å². The average Bonchev–Trinajstić information content (AvgIpc) is 3.39. The molecular formula is C17H16N6O2S2. The molecule has 8 nitrogen and oxygen atoms in total. The number of hydrogen-bond acceptors (Lipinski definition) is 8. The van der Waals surface area contributed by atoms with Gasteiger partial charge in [0.2, 0.25) is 11.1 Å². The van der Waals surface area contributed by atoms with Gasteiger partial charge in [0, 0.05) is 17.4 Å². The number of anilines is 1. The molecule has 0 aromatic carbocycles. The van der Waals surface area contributed by atoms with Crippen molar-refractivity contribution in [3.63, 3.8) is 0 Å². The van der Waals surface area contributed by atoms with Crippen LogP contribution in [0.5, 0.6) is 0 Å². The van der Waals surface area contributed by atoms with E-state index in [1.807, 2.05) is 25.1 Å². The van der Waals surface area contributed by atoms with Crippen LogP contribution in [0.3, 0.4) is 0 Å². The lowest BCUT2D eigenvalue weighted by Crippen LogP contribution is -2.13. The predicted molar refractivity (Wildman–Crippen MR) is 104 cm³/mol. The molecule has 2 N–H and O–H groups in total. The quantitative estimate of drug-likeness (QED) is 0.540. The number of nitrogens with one attached hydrogen (secondary N) is 2. The van der Waals surface area contributed by atoms with Gasteiger partial charge in [0.25, 0.3) is 5.91 Å². The first-order valence-electron chi connectivity index (χ1n) is 7.95. The zero-order valence-corrected chi connectivity index (χ0v) is 16.1. The number of nitriles is 1. The van der Waals surface area contributed by atoms with Gasteiger partial charge in [-0.05, 0) is 24.6 Å². The highest BCUT2D eigenvalue weighted by molar-refractivity contribution is 7.99. The SMILES string of the molecule is C=C(/C=C\C1=C(C)CCO1)c1nc(C(=O)Nc2nc(SCC#N)n[nH]2)cs1. The van der Waals surface area contributed by atoms with E-state index in [1.54, 1.807) is 5.38 Å². The van der Waals surface area contributed by atoms with Crippen LogP contribution >= 0.6 is 23.1 Å². The summed E-state index contributed by atoms with van der Waals surface area (Å²) in [5.74, 6) is 0.896. The number of rotatable bonds is 7. The topological polar surface area (TPSA) is 117 Å². The molecule has 1 aliphatic heterocycles. The Morgan fingerprint density at radius 3 is 3.19 bits per heavy atom. The molecule has 0 saturated carbocycles. The highest BCUT2D eigenvalue weighted by Gasteiger charge is 2.14. The van der Waals surface area contributed by atoms with Crippen molar-refractivity contribution >= 4 is 40.5 Å². The lowest BCUT2D eigenvalue weighted by atomic mass is 10.2. The lowest BCUT2D eigenvalue weighted by molar-refractivity contribution is 0.102. The number of thioether (sulfide) groups is 1. The van der Waals surface area contributed by atoms with Crippen molar-refractivity contribution in [1.82, 2.24) is 20.2 Å². The Labute approximate surface area is 164 Å². The molecule has 0 aliphatic carbocycles. The standard InChI is InChI=1S/C17H16N6O2S2/c1-10-5-7-25-13(10)4-3-11(2)15-19-12(9-27-15)14(24)20-16-21-17(23-22-16)26-8-6-18/h3-4,9H,2,5,7-8H2,1H3,(H2,20,21,22,23,24)/b4-3-. The van der Waals surface area contributed by atoms with Crippen LogP contribution in [0.2, 0.25) is 0 Å². The molecule has 0 atom stereocenters. The molecule has 1 aliphatic rings. The van der Waals surface area contributed by atoms with E-state index in [-0.39, 0.29) is 17.4 Å². The second-order valence-electron chi connectivity index (χ2n) is 5.51. The Balaban J connectivity index is 1.61. The van der Waals surface area contributed by atoms with Gasteiger partial charge in [-0.3, -0.25) is 10.1 Å². The first kappa shape index (κ1) is 18.9. The van der Waals surface area contributed by atoms with Crippen molar-refractivity contribution in [3.8, 4) is 6.07 Å².